The molecule has 18 heavy (non-hydrogen) atoms. The van der Waals surface area contributed by atoms with Crippen LogP contribution in [0.2, 0.25) is 0 Å². The van der Waals surface area contributed by atoms with Crippen molar-refractivity contribution in [2.45, 2.75) is 12.8 Å². The molecule has 0 bridgehead atoms. The van der Waals surface area contributed by atoms with E-state index in [1.54, 1.807) is 11.3 Å². The number of nitrogens with zero attached hydrogens (tertiary/aromatic N) is 2. The average molecular weight is 284 g/mol. The Kier molecular flexibility index (Phi) is 4.77. The standard InChI is InChI=1S/C11H12N2O3S2/c14-10(15)7-17-5-2-4-9-12-11(13-16-9)8-3-1-6-18-8/h1,3,6H,2,4-5,7H2,(H,14,15). The van der Waals surface area contributed by atoms with Crippen LogP contribution in [0.25, 0.3) is 10.7 Å². The first-order chi connectivity index (χ1) is 8.75. The van der Waals surface area contributed by atoms with Crippen LogP contribution in [0.3, 0.4) is 0 Å². The fraction of sp³-hybridized carbons (Fsp3) is 0.364. The first-order valence-corrected chi connectivity index (χ1v) is 7.45. The normalized spacial score (nSPS) is 10.7. The van der Waals surface area contributed by atoms with E-state index in [1.807, 2.05) is 17.5 Å². The van der Waals surface area contributed by atoms with E-state index in [1.165, 1.54) is 11.8 Å². The number of carboxylic acids is 1. The molecule has 0 aliphatic carbocycles. The van der Waals surface area contributed by atoms with E-state index in [4.69, 9.17) is 9.63 Å². The van der Waals surface area contributed by atoms with E-state index in [0.717, 1.165) is 17.1 Å². The lowest BCUT2D eigenvalue weighted by molar-refractivity contribution is -0.133. The second-order valence-electron chi connectivity index (χ2n) is 3.54. The van der Waals surface area contributed by atoms with Gasteiger partial charge in [-0.05, 0) is 23.6 Å². The summed E-state index contributed by atoms with van der Waals surface area (Å²) in [7, 11) is 0. The molecule has 0 spiro atoms. The average Bonchev–Trinajstić information content (AvgIpc) is 2.98. The first-order valence-electron chi connectivity index (χ1n) is 5.41. The summed E-state index contributed by atoms with van der Waals surface area (Å²) in [5.41, 5.74) is 0. The Balaban J connectivity index is 1.76. The van der Waals surface area contributed by atoms with Gasteiger partial charge < -0.3 is 9.63 Å². The Labute approximate surface area is 112 Å². The van der Waals surface area contributed by atoms with Gasteiger partial charge in [-0.25, -0.2) is 0 Å². The molecule has 96 valence electrons. The van der Waals surface area contributed by atoms with Gasteiger partial charge in [0.1, 0.15) is 0 Å². The van der Waals surface area contributed by atoms with Crippen molar-refractivity contribution in [3.63, 3.8) is 0 Å². The maximum atomic E-state index is 10.3. The predicted molar refractivity (Wildman–Crippen MR) is 70.9 cm³/mol. The van der Waals surface area contributed by atoms with Gasteiger partial charge >= 0.3 is 5.97 Å². The number of aryl methyl sites for hydroxylation is 1. The number of hydrogen-bond donors (Lipinski definition) is 1. The van der Waals surface area contributed by atoms with E-state index in [-0.39, 0.29) is 5.75 Å². The van der Waals surface area contributed by atoms with Crippen LogP contribution in [-0.4, -0.2) is 32.7 Å². The van der Waals surface area contributed by atoms with Gasteiger partial charge in [-0.3, -0.25) is 4.79 Å². The van der Waals surface area contributed by atoms with Gasteiger partial charge in [-0.2, -0.15) is 16.7 Å². The zero-order valence-corrected chi connectivity index (χ0v) is 11.2. The minimum Gasteiger partial charge on any atom is -0.481 e. The Hall–Kier alpha value is -1.34. The molecule has 0 aliphatic rings. The fourth-order valence-electron chi connectivity index (χ4n) is 1.35. The molecule has 0 amide bonds. The summed E-state index contributed by atoms with van der Waals surface area (Å²) in [5, 5.41) is 14.4. The molecular formula is C11H12N2O3S2. The second kappa shape index (κ2) is 6.55. The molecule has 0 atom stereocenters. The third-order valence-corrected chi connectivity index (χ3v) is 4.01. The molecule has 0 radical (unpaired) electrons. The van der Waals surface area contributed by atoms with E-state index in [9.17, 15) is 4.79 Å². The Morgan fingerprint density at radius 2 is 2.44 bits per heavy atom. The van der Waals surface area contributed by atoms with Crippen molar-refractivity contribution in [3.05, 3.63) is 23.4 Å². The van der Waals surface area contributed by atoms with Crippen molar-refractivity contribution >= 4 is 29.1 Å². The molecule has 0 unspecified atom stereocenters. The highest BCUT2D eigenvalue weighted by Crippen LogP contribution is 2.21. The van der Waals surface area contributed by atoms with E-state index < -0.39 is 5.97 Å². The molecule has 2 aromatic heterocycles. The lowest BCUT2D eigenvalue weighted by atomic mass is 10.3. The number of aliphatic carboxylic acids is 1. The monoisotopic (exact) mass is 284 g/mol. The van der Waals surface area contributed by atoms with Crippen molar-refractivity contribution in [3.8, 4) is 10.7 Å². The lowest BCUT2D eigenvalue weighted by Crippen LogP contribution is -1.99. The number of carbonyl (C=O) groups is 1. The highest BCUT2D eigenvalue weighted by molar-refractivity contribution is 7.99. The Bertz CT molecular complexity index is 496. The van der Waals surface area contributed by atoms with Crippen LogP contribution in [0.4, 0.5) is 0 Å². The minimum atomic E-state index is -0.780. The highest BCUT2D eigenvalue weighted by atomic mass is 32.2. The van der Waals surface area contributed by atoms with Gasteiger partial charge in [0.2, 0.25) is 11.7 Å². The number of thiophene rings is 1. The summed E-state index contributed by atoms with van der Waals surface area (Å²) < 4.78 is 5.14. The van der Waals surface area contributed by atoms with Crippen LogP contribution in [0, 0.1) is 0 Å². The molecule has 2 heterocycles. The van der Waals surface area contributed by atoms with Crippen molar-refractivity contribution in [2.24, 2.45) is 0 Å². The maximum Gasteiger partial charge on any atom is 0.313 e. The van der Waals surface area contributed by atoms with Gasteiger partial charge in [0.25, 0.3) is 0 Å². The molecule has 0 fully saturated rings. The largest absolute Gasteiger partial charge is 0.481 e. The number of hydrogen-bond acceptors (Lipinski definition) is 6. The molecule has 0 saturated heterocycles. The molecule has 2 rings (SSSR count). The summed E-state index contributed by atoms with van der Waals surface area (Å²) in [4.78, 5) is 15.6. The molecular weight excluding hydrogens is 272 g/mol. The number of carboxylic acid groups (broad SMARTS) is 1. The molecule has 5 nitrogen and oxygen atoms in total. The fourth-order valence-corrected chi connectivity index (χ4v) is 2.66. The number of aromatic nitrogens is 2. The van der Waals surface area contributed by atoms with Gasteiger partial charge in [-0.15, -0.1) is 11.3 Å². The third-order valence-electron chi connectivity index (χ3n) is 2.11. The smallest absolute Gasteiger partial charge is 0.313 e. The third kappa shape index (κ3) is 3.85. The van der Waals surface area contributed by atoms with E-state index >= 15 is 0 Å². The summed E-state index contributed by atoms with van der Waals surface area (Å²) in [5.74, 6) is 1.37. The number of rotatable bonds is 7. The van der Waals surface area contributed by atoms with Gasteiger partial charge in [0, 0.05) is 6.42 Å². The van der Waals surface area contributed by atoms with Crippen LogP contribution < -0.4 is 0 Å². The van der Waals surface area contributed by atoms with Gasteiger partial charge in [0.05, 0.1) is 10.6 Å². The summed E-state index contributed by atoms with van der Waals surface area (Å²) in [6, 6.07) is 3.89. The van der Waals surface area contributed by atoms with Crippen molar-refractivity contribution < 1.29 is 14.4 Å². The minimum absolute atomic E-state index is 0.143. The lowest BCUT2D eigenvalue weighted by Gasteiger charge is -1.95. The first kappa shape index (κ1) is 13.1. The second-order valence-corrected chi connectivity index (χ2v) is 5.59. The van der Waals surface area contributed by atoms with Crippen molar-refractivity contribution in [1.29, 1.82) is 0 Å². The molecule has 7 heteroatoms. The summed E-state index contributed by atoms with van der Waals surface area (Å²) in [6.07, 6.45) is 1.52. The van der Waals surface area contributed by atoms with Crippen LogP contribution in [0.1, 0.15) is 12.3 Å². The molecule has 0 saturated carbocycles. The van der Waals surface area contributed by atoms with Gasteiger partial charge in [-0.1, -0.05) is 11.2 Å². The number of thioether (sulfide) groups is 1. The summed E-state index contributed by atoms with van der Waals surface area (Å²) in [6.45, 7) is 0. The molecule has 2 aromatic rings. The van der Waals surface area contributed by atoms with Gasteiger partial charge in [0.15, 0.2) is 0 Å². The van der Waals surface area contributed by atoms with Crippen molar-refractivity contribution in [1.82, 2.24) is 10.1 Å². The zero-order chi connectivity index (χ0) is 12.8. The molecule has 1 N–H and O–H groups in total. The quantitative estimate of drug-likeness (QED) is 0.787. The molecule has 0 aliphatic heterocycles. The SMILES string of the molecule is O=C(O)CSCCCc1nc(-c2cccs2)no1. The van der Waals surface area contributed by atoms with Crippen LogP contribution in [0.5, 0.6) is 0 Å². The molecule has 0 aromatic carbocycles. The van der Waals surface area contributed by atoms with E-state index in [0.29, 0.717) is 18.1 Å². The summed E-state index contributed by atoms with van der Waals surface area (Å²) >= 11 is 2.97. The predicted octanol–water partition coefficient (Wildman–Crippen LogP) is 2.55. The zero-order valence-electron chi connectivity index (χ0n) is 9.54. The Morgan fingerprint density at radius 1 is 1.56 bits per heavy atom. The van der Waals surface area contributed by atoms with Crippen molar-refractivity contribution in [2.75, 3.05) is 11.5 Å². The maximum absolute atomic E-state index is 10.3. The van der Waals surface area contributed by atoms with Crippen LogP contribution in [0.15, 0.2) is 22.0 Å². The topological polar surface area (TPSA) is 76.2 Å². The highest BCUT2D eigenvalue weighted by Gasteiger charge is 2.08. The van der Waals surface area contributed by atoms with E-state index in [2.05, 4.69) is 10.1 Å². The van der Waals surface area contributed by atoms with Crippen LogP contribution in [-0.2, 0) is 11.2 Å². The Morgan fingerprint density at radius 3 is 3.17 bits per heavy atom. The van der Waals surface area contributed by atoms with Crippen LogP contribution >= 0.6 is 23.1 Å².